The van der Waals surface area contributed by atoms with Crippen LogP contribution in [0.15, 0.2) is 33.7 Å². The van der Waals surface area contributed by atoms with Gasteiger partial charge in [-0.05, 0) is 25.1 Å². The lowest BCUT2D eigenvalue weighted by Gasteiger charge is -2.13. The summed E-state index contributed by atoms with van der Waals surface area (Å²) in [5.41, 5.74) is -1.60. The third-order valence-corrected chi connectivity index (χ3v) is 3.82. The SMILES string of the molecule is Cc1cc(NS(=O)(=O)c2ccc(F)cc2C(F)(F)F)no1. The molecule has 1 heterocycles. The average molecular weight is 324 g/mol. The second kappa shape index (κ2) is 5.02. The van der Waals surface area contributed by atoms with Crippen molar-refractivity contribution < 1.29 is 30.5 Å². The standard InChI is InChI=1S/C11H8F4N2O3S/c1-6-4-10(16-20-6)17-21(18,19)9-3-2-7(12)5-8(9)11(13,14)15/h2-5H,1H3,(H,16,17). The molecule has 2 rings (SSSR count). The van der Waals surface area contributed by atoms with E-state index in [0.29, 0.717) is 12.1 Å². The van der Waals surface area contributed by atoms with Crippen molar-refractivity contribution in [2.24, 2.45) is 0 Å². The Hall–Kier alpha value is -2.10. The number of nitrogens with one attached hydrogen (secondary N) is 1. The van der Waals surface area contributed by atoms with Gasteiger partial charge in [0.1, 0.15) is 11.6 Å². The summed E-state index contributed by atoms with van der Waals surface area (Å²) >= 11 is 0. The summed E-state index contributed by atoms with van der Waals surface area (Å²) in [7, 11) is -4.59. The third kappa shape index (κ3) is 3.32. The van der Waals surface area contributed by atoms with Crippen LogP contribution in [0.3, 0.4) is 0 Å². The molecular weight excluding hydrogens is 316 g/mol. The van der Waals surface area contributed by atoms with Crippen LogP contribution in [0.25, 0.3) is 0 Å². The first kappa shape index (κ1) is 15.3. The van der Waals surface area contributed by atoms with Crippen LogP contribution in [0.1, 0.15) is 11.3 Å². The fraction of sp³-hybridized carbons (Fsp3) is 0.182. The molecule has 10 heteroatoms. The lowest BCUT2D eigenvalue weighted by Crippen LogP contribution is -2.19. The quantitative estimate of drug-likeness (QED) is 0.881. The molecule has 0 atom stereocenters. The minimum atomic E-state index is -5.02. The second-order valence-corrected chi connectivity index (χ2v) is 5.72. The van der Waals surface area contributed by atoms with Gasteiger partial charge in [0.2, 0.25) is 0 Å². The first-order valence-electron chi connectivity index (χ1n) is 5.42. The largest absolute Gasteiger partial charge is 0.417 e. The molecule has 0 aliphatic rings. The van der Waals surface area contributed by atoms with Gasteiger partial charge in [0.05, 0.1) is 10.5 Å². The van der Waals surface area contributed by atoms with Crippen LogP contribution in [0.2, 0.25) is 0 Å². The summed E-state index contributed by atoms with van der Waals surface area (Å²) in [4.78, 5) is -1.10. The first-order chi connectivity index (χ1) is 9.59. The van der Waals surface area contributed by atoms with E-state index >= 15 is 0 Å². The molecule has 114 valence electrons. The Labute approximate surface area is 116 Å². The Morgan fingerprint density at radius 3 is 2.43 bits per heavy atom. The lowest BCUT2D eigenvalue weighted by atomic mass is 10.2. The Bertz CT molecular complexity index is 768. The normalized spacial score (nSPS) is 12.4. The molecule has 1 N–H and O–H groups in total. The predicted molar refractivity (Wildman–Crippen MR) is 63.5 cm³/mol. The lowest BCUT2D eigenvalue weighted by molar-refractivity contribution is -0.140. The van der Waals surface area contributed by atoms with Gasteiger partial charge in [0, 0.05) is 6.07 Å². The van der Waals surface area contributed by atoms with Gasteiger partial charge in [-0.15, -0.1) is 0 Å². The van der Waals surface area contributed by atoms with Crippen LogP contribution in [0, 0.1) is 12.7 Å². The minimum absolute atomic E-state index is 0.114. The Balaban J connectivity index is 2.50. The number of rotatable bonds is 3. The van der Waals surface area contributed by atoms with Crippen LogP contribution < -0.4 is 4.72 Å². The first-order valence-corrected chi connectivity index (χ1v) is 6.91. The summed E-state index contributed by atoms with van der Waals surface area (Å²) in [5, 5.41) is 3.32. The number of sulfonamides is 1. The highest BCUT2D eigenvalue weighted by Gasteiger charge is 2.37. The summed E-state index contributed by atoms with van der Waals surface area (Å²) in [5.74, 6) is -1.20. The van der Waals surface area contributed by atoms with Crippen molar-refractivity contribution in [3.63, 3.8) is 0 Å². The van der Waals surface area contributed by atoms with Crippen molar-refractivity contribution in [1.82, 2.24) is 5.16 Å². The molecule has 0 unspecified atom stereocenters. The Kier molecular flexibility index (Phi) is 3.66. The molecule has 0 bridgehead atoms. The highest BCUT2D eigenvalue weighted by molar-refractivity contribution is 7.92. The van der Waals surface area contributed by atoms with Gasteiger partial charge in [0.25, 0.3) is 10.0 Å². The van der Waals surface area contributed by atoms with E-state index in [1.54, 1.807) is 0 Å². The van der Waals surface area contributed by atoms with E-state index in [4.69, 9.17) is 0 Å². The van der Waals surface area contributed by atoms with Crippen LogP contribution >= 0.6 is 0 Å². The molecule has 21 heavy (non-hydrogen) atoms. The van der Waals surface area contributed by atoms with Gasteiger partial charge in [-0.2, -0.15) is 13.2 Å². The van der Waals surface area contributed by atoms with Crippen molar-refractivity contribution in [3.8, 4) is 0 Å². The van der Waals surface area contributed by atoms with E-state index in [1.807, 2.05) is 4.72 Å². The summed E-state index contributed by atoms with van der Waals surface area (Å²) in [6, 6.07) is 2.46. The number of halogens is 4. The molecule has 0 aliphatic carbocycles. The number of hydrogen-bond acceptors (Lipinski definition) is 4. The average Bonchev–Trinajstić information content (AvgIpc) is 2.72. The zero-order valence-electron chi connectivity index (χ0n) is 10.4. The molecule has 5 nitrogen and oxygen atoms in total. The fourth-order valence-corrected chi connectivity index (χ4v) is 2.76. The molecule has 0 amide bonds. The van der Waals surface area contributed by atoms with Crippen molar-refractivity contribution in [3.05, 3.63) is 41.4 Å². The highest BCUT2D eigenvalue weighted by Crippen LogP contribution is 2.35. The zero-order valence-corrected chi connectivity index (χ0v) is 11.2. The molecule has 0 radical (unpaired) electrons. The van der Waals surface area contributed by atoms with E-state index < -0.39 is 32.5 Å². The molecule has 1 aromatic carbocycles. The molecule has 0 saturated heterocycles. The van der Waals surface area contributed by atoms with Crippen LogP contribution in [-0.4, -0.2) is 13.6 Å². The van der Waals surface area contributed by atoms with Crippen LogP contribution in [-0.2, 0) is 16.2 Å². The molecule has 0 spiro atoms. The number of hydrogen-bond donors (Lipinski definition) is 1. The molecule has 0 aliphatic heterocycles. The van der Waals surface area contributed by atoms with Gasteiger partial charge in [-0.3, -0.25) is 4.72 Å². The minimum Gasteiger partial charge on any atom is -0.360 e. The molecule has 1 aromatic heterocycles. The smallest absolute Gasteiger partial charge is 0.360 e. The van der Waals surface area contributed by atoms with E-state index in [1.165, 1.54) is 13.0 Å². The zero-order chi connectivity index (χ0) is 15.8. The van der Waals surface area contributed by atoms with Gasteiger partial charge in [-0.1, -0.05) is 5.16 Å². The number of aryl methyl sites for hydroxylation is 1. The second-order valence-electron chi connectivity index (χ2n) is 4.07. The molecule has 0 saturated carbocycles. The van der Waals surface area contributed by atoms with E-state index in [9.17, 15) is 26.0 Å². The number of benzene rings is 1. The number of aromatic nitrogens is 1. The number of nitrogens with zero attached hydrogens (tertiary/aromatic N) is 1. The van der Waals surface area contributed by atoms with E-state index in [0.717, 1.165) is 0 Å². The monoisotopic (exact) mass is 324 g/mol. The summed E-state index contributed by atoms with van der Waals surface area (Å²) in [6.45, 7) is 1.48. The van der Waals surface area contributed by atoms with E-state index in [-0.39, 0.29) is 17.6 Å². The molecular formula is C11H8F4N2O3S. The highest BCUT2D eigenvalue weighted by atomic mass is 32.2. The van der Waals surface area contributed by atoms with Gasteiger partial charge >= 0.3 is 6.18 Å². The third-order valence-electron chi connectivity index (χ3n) is 2.40. The predicted octanol–water partition coefficient (Wildman–Crippen LogP) is 2.94. The number of alkyl halides is 3. The van der Waals surface area contributed by atoms with Crippen molar-refractivity contribution in [1.29, 1.82) is 0 Å². The van der Waals surface area contributed by atoms with Gasteiger partial charge in [0.15, 0.2) is 5.82 Å². The molecule has 2 aromatic rings. The number of anilines is 1. The Morgan fingerprint density at radius 2 is 1.90 bits per heavy atom. The Morgan fingerprint density at radius 1 is 1.24 bits per heavy atom. The maximum Gasteiger partial charge on any atom is 0.417 e. The summed E-state index contributed by atoms with van der Waals surface area (Å²) in [6.07, 6.45) is -5.02. The van der Waals surface area contributed by atoms with E-state index in [2.05, 4.69) is 9.68 Å². The fourth-order valence-electron chi connectivity index (χ4n) is 1.57. The van der Waals surface area contributed by atoms with Crippen LogP contribution in [0.5, 0.6) is 0 Å². The van der Waals surface area contributed by atoms with Crippen LogP contribution in [0.4, 0.5) is 23.4 Å². The summed E-state index contributed by atoms with van der Waals surface area (Å²) < 4.78 is 81.8. The molecule has 0 fully saturated rings. The maximum absolute atomic E-state index is 13.0. The van der Waals surface area contributed by atoms with Crippen molar-refractivity contribution >= 4 is 15.8 Å². The van der Waals surface area contributed by atoms with Gasteiger partial charge < -0.3 is 4.52 Å². The topological polar surface area (TPSA) is 72.2 Å². The van der Waals surface area contributed by atoms with Crippen molar-refractivity contribution in [2.45, 2.75) is 18.0 Å². The maximum atomic E-state index is 13.0. The van der Waals surface area contributed by atoms with Gasteiger partial charge in [-0.25, -0.2) is 12.8 Å². The van der Waals surface area contributed by atoms with Crippen molar-refractivity contribution in [2.75, 3.05) is 4.72 Å².